The van der Waals surface area contributed by atoms with Crippen molar-refractivity contribution in [3.8, 4) is 0 Å². The van der Waals surface area contributed by atoms with Crippen LogP contribution in [0.4, 0.5) is 5.82 Å². The SMILES string of the molecule is CCCN1CNc2c(c(=O)[nH]c(=S)n2CCc2cc(Cl)cc(Cl)c2)C1. The maximum absolute atomic E-state index is 12.3. The summed E-state index contributed by atoms with van der Waals surface area (Å²) in [5, 5.41) is 4.58. The topological polar surface area (TPSA) is 53.1 Å². The first kappa shape index (κ1) is 18.5. The van der Waals surface area contributed by atoms with E-state index in [1.54, 1.807) is 6.07 Å². The number of nitrogens with one attached hydrogen (secondary N) is 2. The van der Waals surface area contributed by atoms with Crippen LogP contribution in [0.25, 0.3) is 0 Å². The van der Waals surface area contributed by atoms with Crippen molar-refractivity contribution in [3.63, 3.8) is 0 Å². The minimum Gasteiger partial charge on any atom is -0.358 e. The van der Waals surface area contributed by atoms with Crippen LogP contribution in [0.1, 0.15) is 24.5 Å². The lowest BCUT2D eigenvalue weighted by molar-refractivity contribution is 0.272. The number of halogens is 2. The Balaban J connectivity index is 1.88. The highest BCUT2D eigenvalue weighted by molar-refractivity contribution is 7.71. The van der Waals surface area contributed by atoms with Crippen molar-refractivity contribution in [2.45, 2.75) is 32.9 Å². The van der Waals surface area contributed by atoms with E-state index in [9.17, 15) is 4.79 Å². The van der Waals surface area contributed by atoms with Crippen molar-refractivity contribution in [2.24, 2.45) is 0 Å². The Bertz CT molecular complexity index is 873. The average Bonchev–Trinajstić information content (AvgIpc) is 2.54. The Morgan fingerprint density at radius 3 is 2.60 bits per heavy atom. The molecule has 134 valence electrons. The van der Waals surface area contributed by atoms with Crippen LogP contribution in [0.2, 0.25) is 10.0 Å². The smallest absolute Gasteiger partial charge is 0.258 e. The molecule has 0 saturated carbocycles. The zero-order valence-corrected chi connectivity index (χ0v) is 16.3. The predicted octanol–water partition coefficient (Wildman–Crippen LogP) is 4.05. The first-order chi connectivity index (χ1) is 12.0. The second kappa shape index (κ2) is 7.91. The van der Waals surface area contributed by atoms with E-state index >= 15 is 0 Å². The normalized spacial score (nSPS) is 14.2. The Labute approximate surface area is 161 Å². The number of nitrogens with zero attached hydrogens (tertiary/aromatic N) is 2. The fourth-order valence-corrected chi connectivity index (χ4v) is 3.96. The summed E-state index contributed by atoms with van der Waals surface area (Å²) in [6, 6.07) is 5.50. The van der Waals surface area contributed by atoms with Crippen LogP contribution in [0.3, 0.4) is 0 Å². The van der Waals surface area contributed by atoms with E-state index in [1.165, 1.54) is 0 Å². The lowest BCUT2D eigenvalue weighted by Gasteiger charge is -2.30. The molecular weight excluding hydrogens is 379 g/mol. The second-order valence-corrected chi connectivity index (χ2v) is 7.41. The van der Waals surface area contributed by atoms with E-state index in [4.69, 9.17) is 35.4 Å². The Kier molecular flexibility index (Phi) is 5.84. The number of aryl methyl sites for hydroxylation is 1. The van der Waals surface area contributed by atoms with Crippen molar-refractivity contribution < 1.29 is 0 Å². The fourth-order valence-electron chi connectivity index (χ4n) is 3.11. The van der Waals surface area contributed by atoms with Crippen LogP contribution in [-0.4, -0.2) is 27.7 Å². The molecule has 0 atom stereocenters. The van der Waals surface area contributed by atoms with Crippen LogP contribution >= 0.6 is 35.4 Å². The van der Waals surface area contributed by atoms with E-state index in [-0.39, 0.29) is 5.56 Å². The number of anilines is 1. The zero-order chi connectivity index (χ0) is 18.0. The standard InChI is InChI=1S/C17H20Cl2N4OS/c1-2-4-22-9-14-15(20-10-22)23(17(25)21-16(14)24)5-3-11-6-12(18)8-13(19)7-11/h6-8,20H,2-5,9-10H2,1H3,(H,21,24,25). The molecule has 3 rings (SSSR count). The lowest BCUT2D eigenvalue weighted by atomic mass is 10.1. The molecule has 5 nitrogen and oxygen atoms in total. The Hall–Kier alpha value is -1.34. The molecule has 1 aliphatic rings. The number of fused-ring (bicyclic) bond motifs is 1. The molecule has 1 aromatic heterocycles. The van der Waals surface area contributed by atoms with Crippen LogP contribution < -0.4 is 10.9 Å². The van der Waals surface area contributed by atoms with Gasteiger partial charge in [0, 0.05) is 23.1 Å². The summed E-state index contributed by atoms with van der Waals surface area (Å²) >= 11 is 17.5. The highest BCUT2D eigenvalue weighted by Crippen LogP contribution is 2.22. The van der Waals surface area contributed by atoms with Crippen molar-refractivity contribution in [3.05, 3.63) is 54.5 Å². The van der Waals surface area contributed by atoms with Crippen LogP contribution in [0.5, 0.6) is 0 Å². The number of hydrogen-bond acceptors (Lipinski definition) is 4. The average molecular weight is 399 g/mol. The number of hydrogen-bond donors (Lipinski definition) is 2. The monoisotopic (exact) mass is 398 g/mol. The minimum atomic E-state index is -0.115. The maximum atomic E-state index is 12.3. The fraction of sp³-hybridized carbons (Fsp3) is 0.412. The van der Waals surface area contributed by atoms with Gasteiger partial charge in [-0.25, -0.2) is 0 Å². The molecule has 0 saturated heterocycles. The molecular formula is C17H20Cl2N4OS. The third-order valence-corrected chi connectivity index (χ3v) is 4.99. The summed E-state index contributed by atoms with van der Waals surface area (Å²) in [5.74, 6) is 0.814. The van der Waals surface area contributed by atoms with Gasteiger partial charge in [-0.3, -0.25) is 14.7 Å². The van der Waals surface area contributed by atoms with Crippen molar-refractivity contribution in [1.29, 1.82) is 0 Å². The van der Waals surface area contributed by atoms with Gasteiger partial charge in [0.2, 0.25) is 0 Å². The van der Waals surface area contributed by atoms with Crippen LogP contribution in [0, 0.1) is 4.77 Å². The molecule has 0 spiro atoms. The summed E-state index contributed by atoms with van der Waals surface area (Å²) in [6.45, 7) is 5.05. The Morgan fingerprint density at radius 2 is 1.92 bits per heavy atom. The van der Waals surface area contributed by atoms with Gasteiger partial charge < -0.3 is 9.88 Å². The molecule has 0 unspecified atom stereocenters. The quantitative estimate of drug-likeness (QED) is 0.745. The van der Waals surface area contributed by atoms with E-state index in [0.717, 1.165) is 29.9 Å². The largest absolute Gasteiger partial charge is 0.358 e. The van der Waals surface area contributed by atoms with Gasteiger partial charge in [0.25, 0.3) is 5.56 Å². The van der Waals surface area contributed by atoms with Gasteiger partial charge in [-0.15, -0.1) is 0 Å². The van der Waals surface area contributed by atoms with Gasteiger partial charge in [0.1, 0.15) is 5.82 Å². The van der Waals surface area contributed by atoms with E-state index < -0.39 is 0 Å². The van der Waals surface area contributed by atoms with Gasteiger partial charge >= 0.3 is 0 Å². The molecule has 0 amide bonds. The summed E-state index contributed by atoms with van der Waals surface area (Å²) in [4.78, 5) is 17.3. The highest BCUT2D eigenvalue weighted by Gasteiger charge is 2.21. The highest BCUT2D eigenvalue weighted by atomic mass is 35.5. The third-order valence-electron chi connectivity index (χ3n) is 4.23. The third kappa shape index (κ3) is 4.26. The van der Waals surface area contributed by atoms with E-state index in [2.05, 4.69) is 22.1 Å². The molecule has 2 heterocycles. The van der Waals surface area contributed by atoms with Gasteiger partial charge in [-0.05, 0) is 55.4 Å². The summed E-state index contributed by atoms with van der Waals surface area (Å²) in [7, 11) is 0. The molecule has 0 bridgehead atoms. The molecule has 0 radical (unpaired) electrons. The summed E-state index contributed by atoms with van der Waals surface area (Å²) in [6.07, 6.45) is 1.76. The Morgan fingerprint density at radius 1 is 1.20 bits per heavy atom. The molecule has 0 aliphatic carbocycles. The zero-order valence-electron chi connectivity index (χ0n) is 13.9. The van der Waals surface area contributed by atoms with Crippen molar-refractivity contribution in [1.82, 2.24) is 14.5 Å². The molecule has 25 heavy (non-hydrogen) atoms. The lowest BCUT2D eigenvalue weighted by Crippen LogP contribution is -2.39. The number of rotatable bonds is 5. The maximum Gasteiger partial charge on any atom is 0.258 e. The second-order valence-electron chi connectivity index (χ2n) is 6.15. The number of benzene rings is 1. The van der Waals surface area contributed by atoms with Crippen molar-refractivity contribution in [2.75, 3.05) is 18.5 Å². The molecule has 1 aromatic carbocycles. The van der Waals surface area contributed by atoms with Gasteiger partial charge in [-0.1, -0.05) is 30.1 Å². The van der Waals surface area contributed by atoms with E-state index in [0.29, 0.717) is 41.0 Å². The van der Waals surface area contributed by atoms with Gasteiger partial charge in [-0.2, -0.15) is 0 Å². The predicted molar refractivity (Wildman–Crippen MR) is 105 cm³/mol. The van der Waals surface area contributed by atoms with Crippen molar-refractivity contribution >= 4 is 41.2 Å². The first-order valence-electron chi connectivity index (χ1n) is 8.25. The molecule has 8 heteroatoms. The van der Waals surface area contributed by atoms with Gasteiger partial charge in [0.15, 0.2) is 4.77 Å². The molecule has 0 fully saturated rings. The van der Waals surface area contributed by atoms with Gasteiger partial charge in [0.05, 0.1) is 12.2 Å². The molecule has 2 N–H and O–H groups in total. The molecule has 2 aromatic rings. The number of aromatic amines is 1. The number of H-pyrrole nitrogens is 1. The van der Waals surface area contributed by atoms with E-state index in [1.807, 2.05) is 16.7 Å². The van der Waals surface area contributed by atoms with Crippen LogP contribution in [-0.2, 0) is 19.5 Å². The summed E-state index contributed by atoms with van der Waals surface area (Å²) < 4.78 is 2.37. The minimum absolute atomic E-state index is 0.115. The van der Waals surface area contributed by atoms with Crippen LogP contribution in [0.15, 0.2) is 23.0 Å². The summed E-state index contributed by atoms with van der Waals surface area (Å²) in [5.41, 5.74) is 1.65. The first-order valence-corrected chi connectivity index (χ1v) is 9.41. The molecule has 1 aliphatic heterocycles. The number of aromatic nitrogens is 2.